The molecule has 0 bridgehead atoms. The average molecular weight is 260 g/mol. The van der Waals surface area contributed by atoms with Gasteiger partial charge in [-0.05, 0) is 23.5 Å². The molecule has 0 radical (unpaired) electrons. The molecular weight excluding hydrogens is 246 g/mol. The second-order valence-corrected chi connectivity index (χ2v) is 7.46. The van der Waals surface area contributed by atoms with Gasteiger partial charge in [0.05, 0.1) is 5.69 Å². The summed E-state index contributed by atoms with van der Waals surface area (Å²) in [4.78, 5) is 0.183. The van der Waals surface area contributed by atoms with Gasteiger partial charge in [0.15, 0.2) is 0 Å². The van der Waals surface area contributed by atoms with Crippen LogP contribution in [-0.2, 0) is 15.5 Å². The van der Waals surface area contributed by atoms with Crippen LogP contribution in [0, 0.1) is 5.41 Å². The second kappa shape index (κ2) is 3.64. The maximum Gasteiger partial charge on any atom is 0.263 e. The molecule has 16 heavy (non-hydrogen) atoms. The van der Waals surface area contributed by atoms with Crippen molar-refractivity contribution in [3.63, 3.8) is 0 Å². The van der Waals surface area contributed by atoms with E-state index in [1.165, 1.54) is 6.07 Å². The average Bonchev–Trinajstić information content (AvgIpc) is 2.13. The Morgan fingerprint density at radius 2 is 2.06 bits per heavy atom. The van der Waals surface area contributed by atoms with Crippen molar-refractivity contribution in [2.24, 2.45) is 5.41 Å². The number of fused-ring (bicyclic) bond motifs is 1. The summed E-state index contributed by atoms with van der Waals surface area (Å²) in [5.74, 6) is 0. The lowest BCUT2D eigenvalue weighted by Crippen LogP contribution is -2.31. The maximum atomic E-state index is 11.4. The van der Waals surface area contributed by atoms with E-state index in [0.29, 0.717) is 5.69 Å². The fraction of sp³-hybridized carbons (Fsp3) is 0.455. The van der Waals surface area contributed by atoms with Crippen molar-refractivity contribution in [3.05, 3.63) is 23.8 Å². The van der Waals surface area contributed by atoms with E-state index in [1.54, 1.807) is 6.07 Å². The Bertz CT molecular complexity index is 523. The van der Waals surface area contributed by atoms with Crippen LogP contribution in [0.4, 0.5) is 5.69 Å². The Hall–Kier alpha value is -0.740. The summed E-state index contributed by atoms with van der Waals surface area (Å²) in [5.41, 5.74) is 1.82. The summed E-state index contributed by atoms with van der Waals surface area (Å²) in [6, 6.07) is 5.21. The third-order valence-corrected chi connectivity index (χ3v) is 4.15. The van der Waals surface area contributed by atoms with Crippen molar-refractivity contribution in [2.75, 3.05) is 11.9 Å². The van der Waals surface area contributed by atoms with Gasteiger partial charge in [0.2, 0.25) is 0 Å². The summed E-state index contributed by atoms with van der Waals surface area (Å²) < 4.78 is 22.8. The predicted octanol–water partition coefficient (Wildman–Crippen LogP) is 2.61. The van der Waals surface area contributed by atoms with Gasteiger partial charge >= 0.3 is 0 Å². The van der Waals surface area contributed by atoms with Crippen molar-refractivity contribution >= 4 is 25.4 Å². The third-order valence-electron chi connectivity index (χ3n) is 2.79. The largest absolute Gasteiger partial charge is 0.383 e. The van der Waals surface area contributed by atoms with Gasteiger partial charge < -0.3 is 5.32 Å². The molecule has 0 fully saturated rings. The fourth-order valence-corrected chi connectivity index (χ4v) is 3.11. The van der Waals surface area contributed by atoms with Gasteiger partial charge in [-0.1, -0.05) is 26.0 Å². The Balaban J connectivity index is 2.56. The zero-order chi connectivity index (χ0) is 12.0. The summed E-state index contributed by atoms with van der Waals surface area (Å²) in [6.07, 6.45) is 0.857. The first-order valence-corrected chi connectivity index (χ1v) is 7.41. The topological polar surface area (TPSA) is 46.2 Å². The molecule has 1 aliphatic heterocycles. The number of halogens is 1. The number of para-hydroxylation sites is 1. The normalized spacial score (nSPS) is 18.7. The zero-order valence-corrected chi connectivity index (χ0v) is 10.8. The molecule has 1 aromatic rings. The van der Waals surface area contributed by atoms with Crippen molar-refractivity contribution < 1.29 is 8.42 Å². The molecule has 1 N–H and O–H groups in total. The monoisotopic (exact) mass is 259 g/mol. The van der Waals surface area contributed by atoms with Crippen molar-refractivity contribution in [3.8, 4) is 0 Å². The zero-order valence-electron chi connectivity index (χ0n) is 9.25. The van der Waals surface area contributed by atoms with E-state index in [4.69, 9.17) is 10.7 Å². The molecule has 0 unspecified atom stereocenters. The summed E-state index contributed by atoms with van der Waals surface area (Å²) >= 11 is 0. The molecule has 0 amide bonds. The molecule has 1 aliphatic rings. The number of hydrogen-bond donors (Lipinski definition) is 1. The SMILES string of the molecule is CC1(C)CNc2c(cccc2S(=O)(=O)Cl)C1. The van der Waals surface area contributed by atoms with Gasteiger partial charge in [0, 0.05) is 17.2 Å². The number of benzene rings is 1. The molecule has 3 nitrogen and oxygen atoms in total. The van der Waals surface area contributed by atoms with Gasteiger partial charge in [-0.2, -0.15) is 0 Å². The molecule has 0 aliphatic carbocycles. The van der Waals surface area contributed by atoms with Gasteiger partial charge in [-0.15, -0.1) is 0 Å². The first-order chi connectivity index (χ1) is 7.30. The fourth-order valence-electron chi connectivity index (χ4n) is 2.03. The van der Waals surface area contributed by atoms with E-state index in [2.05, 4.69) is 19.2 Å². The lowest BCUT2D eigenvalue weighted by molar-refractivity contribution is 0.378. The van der Waals surface area contributed by atoms with Crippen LogP contribution in [0.2, 0.25) is 0 Å². The maximum absolute atomic E-state index is 11.4. The Labute approximate surface area is 100 Å². The molecule has 1 aromatic carbocycles. The second-order valence-electron chi connectivity index (χ2n) is 4.92. The molecule has 0 saturated heterocycles. The van der Waals surface area contributed by atoms with Crippen LogP contribution in [-0.4, -0.2) is 15.0 Å². The molecular formula is C11H14ClNO2S. The number of nitrogens with one attached hydrogen (secondary N) is 1. The molecule has 1 heterocycles. The van der Waals surface area contributed by atoms with Gasteiger partial charge in [-0.3, -0.25) is 0 Å². The minimum Gasteiger partial charge on any atom is -0.383 e. The Morgan fingerprint density at radius 3 is 2.69 bits per heavy atom. The lowest BCUT2D eigenvalue weighted by atomic mass is 9.82. The predicted molar refractivity (Wildman–Crippen MR) is 65.5 cm³/mol. The minimum absolute atomic E-state index is 0.141. The van der Waals surface area contributed by atoms with Crippen LogP contribution < -0.4 is 5.32 Å². The van der Waals surface area contributed by atoms with Gasteiger partial charge in [0.1, 0.15) is 4.90 Å². The first-order valence-electron chi connectivity index (χ1n) is 5.10. The van der Waals surface area contributed by atoms with Gasteiger partial charge in [-0.25, -0.2) is 8.42 Å². The third kappa shape index (κ3) is 2.18. The van der Waals surface area contributed by atoms with Crippen LogP contribution >= 0.6 is 10.7 Å². The van der Waals surface area contributed by atoms with E-state index in [0.717, 1.165) is 18.5 Å². The van der Waals surface area contributed by atoms with E-state index in [1.807, 2.05) is 6.07 Å². The van der Waals surface area contributed by atoms with Gasteiger partial charge in [0.25, 0.3) is 9.05 Å². The highest BCUT2D eigenvalue weighted by Gasteiger charge is 2.28. The standard InChI is InChI=1S/C11H14ClNO2S/c1-11(2)6-8-4-3-5-9(16(12,14)15)10(8)13-7-11/h3-5,13H,6-7H2,1-2H3. The van der Waals surface area contributed by atoms with Crippen molar-refractivity contribution in [2.45, 2.75) is 25.2 Å². The van der Waals surface area contributed by atoms with E-state index in [9.17, 15) is 8.42 Å². The smallest absolute Gasteiger partial charge is 0.263 e. The number of anilines is 1. The molecule has 0 saturated carbocycles. The van der Waals surface area contributed by atoms with Crippen LogP contribution in [0.1, 0.15) is 19.4 Å². The molecule has 5 heteroatoms. The van der Waals surface area contributed by atoms with Crippen LogP contribution in [0.15, 0.2) is 23.1 Å². The minimum atomic E-state index is -3.67. The number of rotatable bonds is 1. The highest BCUT2D eigenvalue weighted by molar-refractivity contribution is 8.13. The Morgan fingerprint density at radius 1 is 1.38 bits per heavy atom. The summed E-state index contributed by atoms with van der Waals surface area (Å²) in [7, 11) is 1.73. The molecule has 0 aromatic heterocycles. The molecule has 2 rings (SSSR count). The highest BCUT2D eigenvalue weighted by Crippen LogP contribution is 2.36. The van der Waals surface area contributed by atoms with Crippen LogP contribution in [0.25, 0.3) is 0 Å². The van der Waals surface area contributed by atoms with Crippen LogP contribution in [0.5, 0.6) is 0 Å². The van der Waals surface area contributed by atoms with E-state index >= 15 is 0 Å². The lowest BCUT2D eigenvalue weighted by Gasteiger charge is -2.33. The number of hydrogen-bond acceptors (Lipinski definition) is 3. The van der Waals surface area contributed by atoms with Crippen molar-refractivity contribution in [1.82, 2.24) is 0 Å². The molecule has 0 spiro atoms. The van der Waals surface area contributed by atoms with Crippen molar-refractivity contribution in [1.29, 1.82) is 0 Å². The Kier molecular flexibility index (Phi) is 2.67. The quantitative estimate of drug-likeness (QED) is 0.789. The first kappa shape index (κ1) is 11.7. The molecule has 88 valence electrons. The summed E-state index contributed by atoms with van der Waals surface area (Å²) in [6.45, 7) is 5.04. The highest BCUT2D eigenvalue weighted by atomic mass is 35.7. The van der Waals surface area contributed by atoms with E-state index in [-0.39, 0.29) is 10.3 Å². The van der Waals surface area contributed by atoms with Crippen LogP contribution in [0.3, 0.4) is 0 Å². The summed E-state index contributed by atoms with van der Waals surface area (Å²) in [5, 5.41) is 3.16. The molecule has 0 atom stereocenters. The van der Waals surface area contributed by atoms with E-state index < -0.39 is 9.05 Å².